The van der Waals surface area contributed by atoms with Gasteiger partial charge in [0, 0.05) is 6.61 Å². The van der Waals surface area contributed by atoms with Gasteiger partial charge in [-0.05, 0) is 33.4 Å². The minimum Gasteiger partial charge on any atom is -0.422 e. The van der Waals surface area contributed by atoms with E-state index in [1.54, 1.807) is 0 Å². The van der Waals surface area contributed by atoms with Gasteiger partial charge in [-0.15, -0.1) is 5.16 Å². The lowest BCUT2D eigenvalue weighted by Gasteiger charge is -2.18. The molecule has 13 heavy (non-hydrogen) atoms. The minimum absolute atomic E-state index is 0.696. The molecule has 3 nitrogen and oxygen atoms in total. The average molecular weight is 203 g/mol. The van der Waals surface area contributed by atoms with Gasteiger partial charge in [0.2, 0.25) is 0 Å². The molecule has 0 aromatic heterocycles. The zero-order valence-electron chi connectivity index (χ0n) is 9.39. The van der Waals surface area contributed by atoms with Gasteiger partial charge in [0.25, 0.3) is 0 Å². The summed E-state index contributed by atoms with van der Waals surface area (Å²) in [5, 5.41) is 4.06. The Morgan fingerprint density at radius 2 is 1.92 bits per heavy atom. The van der Waals surface area contributed by atoms with Gasteiger partial charge in [0.15, 0.2) is 0 Å². The van der Waals surface area contributed by atoms with E-state index in [2.05, 4.69) is 12.1 Å². The molecule has 0 aliphatic carbocycles. The molecule has 0 N–H and O–H groups in total. The molecule has 0 aromatic carbocycles. The second kappa shape index (κ2) is 6.15. The van der Waals surface area contributed by atoms with Crippen LogP contribution in [0.2, 0.25) is 13.1 Å². The van der Waals surface area contributed by atoms with Crippen LogP contribution in [-0.4, -0.2) is 20.9 Å². The van der Waals surface area contributed by atoms with E-state index in [0.717, 1.165) is 18.6 Å². The van der Waals surface area contributed by atoms with E-state index in [1.807, 2.05) is 26.9 Å². The molecule has 0 atom stereocenters. The fourth-order valence-corrected chi connectivity index (χ4v) is 2.09. The van der Waals surface area contributed by atoms with Gasteiger partial charge in [-0.1, -0.05) is 13.3 Å². The highest BCUT2D eigenvalue weighted by molar-refractivity contribution is 6.64. The molecule has 0 heterocycles. The van der Waals surface area contributed by atoms with Gasteiger partial charge in [-0.25, -0.2) is 0 Å². The predicted octanol–water partition coefficient (Wildman–Crippen LogP) is 2.92. The van der Waals surface area contributed by atoms with Crippen molar-refractivity contribution in [2.45, 2.75) is 46.7 Å². The second-order valence-electron chi connectivity index (χ2n) is 3.50. The maximum absolute atomic E-state index is 5.47. The molecule has 0 amide bonds. The van der Waals surface area contributed by atoms with Crippen LogP contribution in [0.4, 0.5) is 0 Å². The van der Waals surface area contributed by atoms with E-state index in [9.17, 15) is 0 Å². The summed E-state index contributed by atoms with van der Waals surface area (Å²) in [5.41, 5.74) is 1.04. The van der Waals surface area contributed by atoms with Crippen LogP contribution >= 0.6 is 0 Å². The first-order valence-corrected chi connectivity index (χ1v) is 7.69. The Labute approximate surface area is 82.4 Å². The number of hydrogen-bond donors (Lipinski definition) is 0. The van der Waals surface area contributed by atoms with Crippen LogP contribution in [0.25, 0.3) is 0 Å². The van der Waals surface area contributed by atoms with Crippen molar-refractivity contribution in [3.05, 3.63) is 0 Å². The summed E-state index contributed by atoms with van der Waals surface area (Å²) >= 11 is 0. The fraction of sp³-hybridized carbons (Fsp3) is 0.889. The first-order chi connectivity index (χ1) is 6.02. The number of oxime groups is 1. The average Bonchev–Trinajstić information content (AvgIpc) is 2.02. The Bertz CT molecular complexity index is 169. The zero-order valence-corrected chi connectivity index (χ0v) is 10.4. The van der Waals surface area contributed by atoms with Gasteiger partial charge in [0.05, 0.1) is 5.71 Å². The quantitative estimate of drug-likeness (QED) is 0.377. The van der Waals surface area contributed by atoms with Crippen LogP contribution in [0.1, 0.15) is 33.6 Å². The summed E-state index contributed by atoms with van der Waals surface area (Å²) < 4.78 is 10.9. The molecule has 78 valence electrons. The number of nitrogens with zero attached hydrogens (tertiary/aromatic N) is 1. The molecule has 0 saturated heterocycles. The number of hydrogen-bond acceptors (Lipinski definition) is 3. The summed E-state index contributed by atoms with van der Waals surface area (Å²) in [6.45, 7) is 10.8. The number of rotatable bonds is 6. The fourth-order valence-electron chi connectivity index (χ4n) is 0.969. The largest absolute Gasteiger partial charge is 0.422 e. The van der Waals surface area contributed by atoms with Crippen LogP contribution in [-0.2, 0) is 8.95 Å². The Morgan fingerprint density at radius 1 is 1.31 bits per heavy atom. The summed E-state index contributed by atoms with van der Waals surface area (Å²) in [5.74, 6) is 0. The smallest absolute Gasteiger partial charge is 0.421 e. The normalized spacial score (nSPS) is 13.2. The van der Waals surface area contributed by atoms with Gasteiger partial charge >= 0.3 is 8.56 Å². The third kappa shape index (κ3) is 6.78. The van der Waals surface area contributed by atoms with Crippen molar-refractivity contribution in [1.29, 1.82) is 0 Å². The molecule has 0 radical (unpaired) electrons. The molecule has 0 fully saturated rings. The molecule has 0 saturated carbocycles. The molecule has 0 aliphatic rings. The second-order valence-corrected chi connectivity index (χ2v) is 6.77. The lowest BCUT2D eigenvalue weighted by molar-refractivity contribution is 0.193. The third-order valence-electron chi connectivity index (χ3n) is 1.53. The molecule has 4 heteroatoms. The van der Waals surface area contributed by atoms with Crippen molar-refractivity contribution in [2.75, 3.05) is 6.61 Å². The summed E-state index contributed by atoms with van der Waals surface area (Å²) in [6, 6.07) is 0. The van der Waals surface area contributed by atoms with Crippen LogP contribution in [0.3, 0.4) is 0 Å². The van der Waals surface area contributed by atoms with Crippen LogP contribution in [0, 0.1) is 0 Å². The lowest BCUT2D eigenvalue weighted by Crippen LogP contribution is -2.33. The minimum atomic E-state index is -1.98. The standard InChI is InChI=1S/C9H21NO2Si/c1-6-8-9(3)10-12-13(4,5)11-7-2/h6-8H2,1-5H3. The predicted molar refractivity (Wildman–Crippen MR) is 58.2 cm³/mol. The van der Waals surface area contributed by atoms with Gasteiger partial charge in [0.1, 0.15) is 0 Å². The monoisotopic (exact) mass is 203 g/mol. The Kier molecular flexibility index (Phi) is 5.99. The first kappa shape index (κ1) is 12.6. The topological polar surface area (TPSA) is 30.8 Å². The van der Waals surface area contributed by atoms with Crippen LogP contribution < -0.4 is 0 Å². The van der Waals surface area contributed by atoms with E-state index in [0.29, 0.717) is 6.61 Å². The van der Waals surface area contributed by atoms with Gasteiger partial charge in [-0.2, -0.15) is 0 Å². The van der Waals surface area contributed by atoms with Crippen molar-refractivity contribution < 1.29 is 8.95 Å². The van der Waals surface area contributed by atoms with E-state index in [4.69, 9.17) is 8.95 Å². The molecular weight excluding hydrogens is 182 g/mol. The van der Waals surface area contributed by atoms with Crippen molar-refractivity contribution in [1.82, 2.24) is 0 Å². The molecule has 0 rings (SSSR count). The molecule has 0 spiro atoms. The highest BCUT2D eigenvalue weighted by Crippen LogP contribution is 2.07. The molecule has 0 unspecified atom stereocenters. The summed E-state index contributed by atoms with van der Waals surface area (Å²) in [6.07, 6.45) is 2.10. The lowest BCUT2D eigenvalue weighted by atomic mass is 10.2. The Morgan fingerprint density at radius 3 is 2.38 bits per heavy atom. The van der Waals surface area contributed by atoms with Gasteiger partial charge < -0.3 is 8.95 Å². The molecule has 0 aromatic rings. The summed E-state index contributed by atoms with van der Waals surface area (Å²) in [4.78, 5) is 0. The maximum Gasteiger partial charge on any atom is 0.421 e. The van der Waals surface area contributed by atoms with E-state index in [1.165, 1.54) is 0 Å². The Hall–Kier alpha value is -0.353. The van der Waals surface area contributed by atoms with Crippen molar-refractivity contribution >= 4 is 14.3 Å². The zero-order chi connectivity index (χ0) is 10.3. The van der Waals surface area contributed by atoms with Crippen molar-refractivity contribution in [3.63, 3.8) is 0 Å². The third-order valence-corrected chi connectivity index (χ3v) is 3.04. The Balaban J connectivity index is 3.90. The maximum atomic E-state index is 5.47. The highest BCUT2D eigenvalue weighted by Gasteiger charge is 2.26. The molecular formula is C9H21NO2Si. The van der Waals surface area contributed by atoms with E-state index in [-0.39, 0.29) is 0 Å². The van der Waals surface area contributed by atoms with Crippen molar-refractivity contribution in [3.8, 4) is 0 Å². The molecule has 0 bridgehead atoms. The van der Waals surface area contributed by atoms with Crippen molar-refractivity contribution in [2.24, 2.45) is 5.16 Å². The SMILES string of the molecule is CCCC(C)=NO[Si](C)(C)OCC. The van der Waals surface area contributed by atoms with E-state index >= 15 is 0 Å². The molecule has 0 aliphatic heterocycles. The van der Waals surface area contributed by atoms with Crippen LogP contribution in [0.5, 0.6) is 0 Å². The van der Waals surface area contributed by atoms with Gasteiger partial charge in [-0.3, -0.25) is 0 Å². The van der Waals surface area contributed by atoms with Crippen LogP contribution in [0.15, 0.2) is 5.16 Å². The first-order valence-electron chi connectivity index (χ1n) is 4.87. The summed E-state index contributed by atoms with van der Waals surface area (Å²) in [7, 11) is -1.98. The highest BCUT2D eigenvalue weighted by atomic mass is 28.4. The van der Waals surface area contributed by atoms with E-state index < -0.39 is 8.56 Å².